The molecule has 64 valence electrons. The molecule has 0 aromatic rings. The molecule has 2 nitrogen and oxygen atoms in total. The molecule has 0 bridgehead atoms. The number of allylic oxidation sites excluding steroid dienone is 2. The molecule has 0 rings (SSSR count). The second-order valence-electron chi connectivity index (χ2n) is 2.90. The van der Waals surface area contributed by atoms with Crippen LogP contribution in [0.5, 0.6) is 0 Å². The summed E-state index contributed by atoms with van der Waals surface area (Å²) >= 11 is 0. The summed E-state index contributed by atoms with van der Waals surface area (Å²) in [5.41, 5.74) is 3.41. The maximum atomic E-state index is 3.91. The Hall–Kier alpha value is -0.920. The smallest absolute Gasteiger partial charge is 0.0574 e. The van der Waals surface area contributed by atoms with Gasteiger partial charge in [0.1, 0.15) is 0 Å². The topological polar surface area (TPSA) is 15.3 Å². The average Bonchev–Trinajstić information content (AvgIpc) is 1.85. The van der Waals surface area contributed by atoms with Crippen molar-refractivity contribution in [2.24, 2.45) is 0 Å². The zero-order valence-corrected chi connectivity index (χ0v) is 8.15. The summed E-state index contributed by atoms with van der Waals surface area (Å²) in [6.07, 6.45) is 0. The molecule has 0 saturated carbocycles. The Bertz CT molecular complexity index is 178. The molecule has 0 aromatic carbocycles. The molecule has 0 spiro atoms. The number of rotatable bonds is 3. The van der Waals surface area contributed by atoms with Crippen LogP contribution < -0.4 is 5.32 Å². The molecule has 0 amide bonds. The summed E-state index contributed by atoms with van der Waals surface area (Å²) in [4.78, 5) is 2.06. The molecule has 0 unspecified atom stereocenters. The van der Waals surface area contributed by atoms with Gasteiger partial charge in [-0.3, -0.25) is 0 Å². The molecule has 2 heteroatoms. The average molecular weight is 154 g/mol. The summed E-state index contributed by atoms with van der Waals surface area (Å²) < 4.78 is 0. The number of hydrogen-bond acceptors (Lipinski definition) is 2. The third kappa shape index (κ3) is 2.66. The van der Waals surface area contributed by atoms with Gasteiger partial charge in [-0.2, -0.15) is 0 Å². The summed E-state index contributed by atoms with van der Waals surface area (Å²) in [6, 6.07) is 0. The summed E-state index contributed by atoms with van der Waals surface area (Å²) in [5, 5.41) is 3.10. The van der Waals surface area contributed by atoms with Gasteiger partial charge >= 0.3 is 0 Å². The van der Waals surface area contributed by atoms with Gasteiger partial charge in [0, 0.05) is 26.8 Å². The van der Waals surface area contributed by atoms with Crippen LogP contribution in [0, 0.1) is 0 Å². The van der Waals surface area contributed by atoms with Crippen LogP contribution in [0.4, 0.5) is 0 Å². The lowest BCUT2D eigenvalue weighted by Gasteiger charge is -2.20. The molecule has 0 heterocycles. The number of nitrogens with zero attached hydrogens (tertiary/aromatic N) is 1. The fourth-order valence-corrected chi connectivity index (χ4v) is 1.16. The van der Waals surface area contributed by atoms with E-state index >= 15 is 0 Å². The largest absolute Gasteiger partial charge is 0.390 e. The van der Waals surface area contributed by atoms with E-state index in [1.54, 1.807) is 0 Å². The van der Waals surface area contributed by atoms with Gasteiger partial charge in [0.25, 0.3) is 0 Å². The Balaban J connectivity index is 4.73. The van der Waals surface area contributed by atoms with Crippen molar-refractivity contribution in [2.75, 3.05) is 21.1 Å². The minimum atomic E-state index is 1.09. The van der Waals surface area contributed by atoms with Gasteiger partial charge in [0.15, 0.2) is 0 Å². The monoisotopic (exact) mass is 154 g/mol. The number of nitrogens with one attached hydrogen (secondary N) is 1. The van der Waals surface area contributed by atoms with Crippen molar-refractivity contribution < 1.29 is 0 Å². The molecule has 1 N–H and O–H groups in total. The quantitative estimate of drug-likeness (QED) is 0.621. The number of likely N-dealkylation sites (N-methyl/N-ethyl adjacent to an activating group) is 1. The van der Waals surface area contributed by atoms with Gasteiger partial charge in [-0.05, 0) is 19.4 Å². The summed E-state index contributed by atoms with van der Waals surface area (Å²) in [5.74, 6) is 0. The van der Waals surface area contributed by atoms with Crippen LogP contribution in [0.1, 0.15) is 13.8 Å². The fourth-order valence-electron chi connectivity index (χ4n) is 1.16. The SMILES string of the molecule is C=C(C)/C(=C(\C)NC)N(C)C. The first-order valence-electron chi connectivity index (χ1n) is 3.72. The van der Waals surface area contributed by atoms with Crippen LogP contribution >= 0.6 is 0 Å². The first-order valence-corrected chi connectivity index (χ1v) is 3.72. The van der Waals surface area contributed by atoms with Crippen molar-refractivity contribution >= 4 is 0 Å². The highest BCUT2D eigenvalue weighted by Gasteiger charge is 2.03. The molecule has 11 heavy (non-hydrogen) atoms. The van der Waals surface area contributed by atoms with E-state index < -0.39 is 0 Å². The second kappa shape index (κ2) is 4.06. The Morgan fingerprint density at radius 3 is 1.82 bits per heavy atom. The van der Waals surface area contributed by atoms with E-state index in [1.165, 1.54) is 5.70 Å². The van der Waals surface area contributed by atoms with Crippen molar-refractivity contribution in [3.05, 3.63) is 23.5 Å². The van der Waals surface area contributed by atoms with E-state index in [-0.39, 0.29) is 0 Å². The molecular weight excluding hydrogens is 136 g/mol. The van der Waals surface area contributed by atoms with Crippen molar-refractivity contribution in [3.63, 3.8) is 0 Å². The maximum Gasteiger partial charge on any atom is 0.0574 e. The molecule has 0 aliphatic heterocycles. The Morgan fingerprint density at radius 2 is 1.73 bits per heavy atom. The zero-order valence-electron chi connectivity index (χ0n) is 8.15. The van der Waals surface area contributed by atoms with Crippen LogP contribution in [0.25, 0.3) is 0 Å². The highest BCUT2D eigenvalue weighted by atomic mass is 15.1. The predicted molar refractivity (Wildman–Crippen MR) is 50.3 cm³/mol. The Labute approximate surface area is 69.6 Å². The van der Waals surface area contributed by atoms with Gasteiger partial charge in [-0.25, -0.2) is 0 Å². The Morgan fingerprint density at radius 1 is 1.27 bits per heavy atom. The first kappa shape index (κ1) is 10.1. The third-order valence-electron chi connectivity index (χ3n) is 1.58. The summed E-state index contributed by atoms with van der Waals surface area (Å²) in [7, 11) is 5.96. The highest BCUT2D eigenvalue weighted by Crippen LogP contribution is 2.12. The van der Waals surface area contributed by atoms with E-state index in [2.05, 4.69) is 16.8 Å². The Kier molecular flexibility index (Phi) is 3.72. The van der Waals surface area contributed by atoms with Gasteiger partial charge < -0.3 is 10.2 Å². The van der Waals surface area contributed by atoms with E-state index in [4.69, 9.17) is 0 Å². The molecule has 0 atom stereocenters. The molecule has 0 radical (unpaired) electrons. The van der Waals surface area contributed by atoms with Crippen LogP contribution in [0.15, 0.2) is 23.5 Å². The van der Waals surface area contributed by atoms with Crippen LogP contribution in [-0.2, 0) is 0 Å². The van der Waals surface area contributed by atoms with E-state index in [9.17, 15) is 0 Å². The minimum absolute atomic E-state index is 1.09. The van der Waals surface area contributed by atoms with Crippen molar-refractivity contribution in [1.29, 1.82) is 0 Å². The standard InChI is InChI=1S/C9H18N2/c1-7(2)9(11(5)6)8(3)10-4/h10H,1H2,2-6H3/b9-8-. The number of hydrogen-bond donors (Lipinski definition) is 1. The molecule has 0 aromatic heterocycles. The molecule has 0 fully saturated rings. The molecule has 0 aliphatic rings. The first-order chi connectivity index (χ1) is 5.00. The van der Waals surface area contributed by atoms with E-state index in [0.717, 1.165) is 11.3 Å². The van der Waals surface area contributed by atoms with Crippen molar-refractivity contribution in [1.82, 2.24) is 10.2 Å². The fraction of sp³-hybridized carbons (Fsp3) is 0.556. The second-order valence-corrected chi connectivity index (χ2v) is 2.90. The van der Waals surface area contributed by atoms with Crippen LogP contribution in [0.2, 0.25) is 0 Å². The lowest BCUT2D eigenvalue weighted by molar-refractivity contribution is 0.510. The zero-order chi connectivity index (χ0) is 9.02. The van der Waals surface area contributed by atoms with Crippen LogP contribution in [-0.4, -0.2) is 26.0 Å². The van der Waals surface area contributed by atoms with Crippen molar-refractivity contribution in [2.45, 2.75) is 13.8 Å². The normalized spacial score (nSPS) is 12.1. The predicted octanol–water partition coefficient (Wildman–Crippen LogP) is 1.57. The van der Waals surface area contributed by atoms with E-state index in [1.807, 2.05) is 35.0 Å². The van der Waals surface area contributed by atoms with Gasteiger partial charge in [0.05, 0.1) is 5.70 Å². The van der Waals surface area contributed by atoms with Crippen molar-refractivity contribution in [3.8, 4) is 0 Å². The molecular formula is C9H18N2. The molecule has 0 saturated heterocycles. The van der Waals surface area contributed by atoms with E-state index in [0.29, 0.717) is 0 Å². The lowest BCUT2D eigenvalue weighted by atomic mass is 10.2. The third-order valence-corrected chi connectivity index (χ3v) is 1.58. The van der Waals surface area contributed by atoms with Gasteiger partial charge in [-0.1, -0.05) is 6.58 Å². The maximum absolute atomic E-state index is 3.91. The lowest BCUT2D eigenvalue weighted by Crippen LogP contribution is -2.18. The molecule has 0 aliphatic carbocycles. The van der Waals surface area contributed by atoms with Gasteiger partial charge in [-0.15, -0.1) is 0 Å². The minimum Gasteiger partial charge on any atom is -0.390 e. The van der Waals surface area contributed by atoms with Gasteiger partial charge in [0.2, 0.25) is 0 Å². The summed E-state index contributed by atoms with van der Waals surface area (Å²) in [6.45, 7) is 7.96. The van der Waals surface area contributed by atoms with Crippen LogP contribution in [0.3, 0.4) is 0 Å². The highest BCUT2D eigenvalue weighted by molar-refractivity contribution is 5.28.